The van der Waals surface area contributed by atoms with Crippen LogP contribution in [0, 0.1) is 11.8 Å². The van der Waals surface area contributed by atoms with Gasteiger partial charge in [-0.15, -0.1) is 13.2 Å². The first-order valence-electron chi connectivity index (χ1n) is 15.4. The third-order valence-corrected chi connectivity index (χ3v) is 10.1. The Balaban J connectivity index is 1.59. The predicted molar refractivity (Wildman–Crippen MR) is 161 cm³/mol. The van der Waals surface area contributed by atoms with E-state index >= 15 is 0 Å². The fraction of sp³-hybridized carbons (Fsp3) is 0.742. The lowest BCUT2D eigenvalue weighted by Crippen LogP contribution is -2.58. The number of fused-ring (bicyclic) bond motifs is 1. The molecule has 0 aromatic carbocycles. The van der Waals surface area contributed by atoms with Crippen LogP contribution < -0.4 is 5.32 Å². The number of amides is 3. The molecular weight excluding hydrogens is 606 g/mol. The molecule has 7 atom stereocenters. The molecule has 11 heteroatoms. The lowest BCUT2D eigenvalue weighted by atomic mass is 9.70. The third kappa shape index (κ3) is 6.48. The molecule has 0 radical (unpaired) electrons. The summed E-state index contributed by atoms with van der Waals surface area (Å²) in [6, 6.07) is -0.809. The fourth-order valence-electron chi connectivity index (χ4n) is 7.32. The summed E-state index contributed by atoms with van der Waals surface area (Å²) in [4.78, 5) is 57.6. The van der Waals surface area contributed by atoms with Gasteiger partial charge >= 0.3 is 5.97 Å². The van der Waals surface area contributed by atoms with Crippen LogP contribution in [-0.2, 0) is 28.7 Å². The highest BCUT2D eigenvalue weighted by Crippen LogP contribution is 2.60. The van der Waals surface area contributed by atoms with Crippen LogP contribution in [0.4, 0.5) is 0 Å². The fourth-order valence-corrected chi connectivity index (χ4v) is 8.26. The van der Waals surface area contributed by atoms with Crippen molar-refractivity contribution in [1.29, 1.82) is 0 Å². The molecule has 4 rings (SSSR count). The van der Waals surface area contributed by atoms with E-state index in [2.05, 4.69) is 34.4 Å². The molecule has 42 heavy (non-hydrogen) atoms. The number of allylic oxidation sites excluding steroid dienone is 1. The van der Waals surface area contributed by atoms with Crippen LogP contribution in [0.1, 0.15) is 71.1 Å². The van der Waals surface area contributed by atoms with Gasteiger partial charge in [-0.3, -0.25) is 19.2 Å². The number of alkyl halides is 1. The van der Waals surface area contributed by atoms with Gasteiger partial charge in [0.1, 0.15) is 17.7 Å². The Morgan fingerprint density at radius 1 is 1.24 bits per heavy atom. The van der Waals surface area contributed by atoms with Gasteiger partial charge in [-0.1, -0.05) is 47.3 Å². The van der Waals surface area contributed by atoms with Gasteiger partial charge in [0.2, 0.25) is 17.7 Å². The summed E-state index contributed by atoms with van der Waals surface area (Å²) in [5.41, 5.74) is -1.16. The largest absolute Gasteiger partial charge is 0.460 e. The highest BCUT2D eigenvalue weighted by molar-refractivity contribution is 9.09. The standard InChI is InChI=1S/C31H46BrN3O7/c1-4-6-14-23(37)33-19-20(3)41-30(40)24-25-28(38)35(16-10-11-17-36)27(31(25)18-22(32)26(24)42-31)29(39)34(15-5-2)21-12-8-7-9-13-21/h4-5,20-22,24-27,36H,1-2,6-19H2,3H3,(H,33,37)/t20-,22?,24+,25-,26+,27+,31-/m1/s1. The molecule has 2 bridgehead atoms. The number of unbranched alkanes of at least 4 members (excludes halogenated alkanes) is 1. The van der Waals surface area contributed by atoms with E-state index in [0.29, 0.717) is 38.6 Å². The molecule has 234 valence electrons. The zero-order valence-corrected chi connectivity index (χ0v) is 26.3. The lowest BCUT2D eigenvalue weighted by molar-refractivity contribution is -0.159. The molecule has 0 aromatic heterocycles. The number of ether oxygens (including phenoxy) is 2. The van der Waals surface area contributed by atoms with Crippen LogP contribution in [0.5, 0.6) is 0 Å². The van der Waals surface area contributed by atoms with E-state index in [1.54, 1.807) is 24.0 Å². The number of hydrogen-bond acceptors (Lipinski definition) is 7. The van der Waals surface area contributed by atoms with Crippen LogP contribution in [-0.4, -0.2) is 99.6 Å². The number of carbonyl (C=O) groups excluding carboxylic acids is 4. The van der Waals surface area contributed by atoms with E-state index in [4.69, 9.17) is 9.47 Å². The molecule has 1 unspecified atom stereocenters. The maximum Gasteiger partial charge on any atom is 0.312 e. The van der Waals surface area contributed by atoms with Gasteiger partial charge in [0.25, 0.3) is 0 Å². The summed E-state index contributed by atoms with van der Waals surface area (Å²) in [5.74, 6) is -2.88. The number of rotatable bonds is 15. The van der Waals surface area contributed by atoms with Crippen LogP contribution in [0.2, 0.25) is 0 Å². The van der Waals surface area contributed by atoms with Crippen LogP contribution >= 0.6 is 15.9 Å². The first-order chi connectivity index (χ1) is 20.2. The summed E-state index contributed by atoms with van der Waals surface area (Å²) in [5, 5.41) is 12.2. The first-order valence-corrected chi connectivity index (χ1v) is 16.3. The highest BCUT2D eigenvalue weighted by Gasteiger charge is 2.77. The molecule has 3 amide bonds. The van der Waals surface area contributed by atoms with E-state index in [1.807, 2.05) is 4.90 Å². The number of aliphatic hydroxyl groups excluding tert-OH is 1. The summed E-state index contributed by atoms with van der Waals surface area (Å²) in [6.07, 6.45) is 9.52. The second-order valence-electron chi connectivity index (χ2n) is 12.1. The van der Waals surface area contributed by atoms with Crippen molar-refractivity contribution in [1.82, 2.24) is 15.1 Å². The van der Waals surface area contributed by atoms with Crippen LogP contribution in [0.3, 0.4) is 0 Å². The molecular formula is C31H46BrN3O7. The lowest BCUT2D eigenvalue weighted by Gasteiger charge is -2.41. The summed E-state index contributed by atoms with van der Waals surface area (Å²) < 4.78 is 12.4. The number of nitrogens with zero attached hydrogens (tertiary/aromatic N) is 2. The maximum absolute atomic E-state index is 14.5. The molecule has 3 aliphatic heterocycles. The monoisotopic (exact) mass is 651 g/mol. The molecule has 1 spiro atoms. The van der Waals surface area contributed by atoms with Crippen molar-refractivity contribution in [3.8, 4) is 0 Å². The number of likely N-dealkylation sites (tertiary alicyclic amines) is 1. The molecule has 1 saturated carbocycles. The van der Waals surface area contributed by atoms with Crippen LogP contribution in [0.15, 0.2) is 25.3 Å². The minimum Gasteiger partial charge on any atom is -0.460 e. The van der Waals surface area contributed by atoms with Gasteiger partial charge in [0.05, 0.1) is 24.5 Å². The highest BCUT2D eigenvalue weighted by atomic mass is 79.9. The summed E-state index contributed by atoms with van der Waals surface area (Å²) >= 11 is 3.70. The van der Waals surface area contributed by atoms with E-state index < -0.39 is 41.7 Å². The smallest absolute Gasteiger partial charge is 0.312 e. The third-order valence-electron chi connectivity index (χ3n) is 9.21. The average Bonchev–Trinajstić information content (AvgIpc) is 3.57. The molecule has 3 saturated heterocycles. The number of esters is 1. The number of aliphatic hydroxyl groups is 1. The first kappa shape index (κ1) is 32.7. The summed E-state index contributed by atoms with van der Waals surface area (Å²) in [7, 11) is 0. The van der Waals surface area contributed by atoms with E-state index in [0.717, 1.165) is 32.1 Å². The number of hydrogen-bond donors (Lipinski definition) is 2. The second kappa shape index (κ2) is 14.5. The second-order valence-corrected chi connectivity index (χ2v) is 13.3. The Morgan fingerprint density at radius 3 is 2.64 bits per heavy atom. The molecule has 4 fully saturated rings. The molecule has 10 nitrogen and oxygen atoms in total. The Hall–Kier alpha value is -2.24. The van der Waals surface area contributed by atoms with Crippen molar-refractivity contribution in [3.63, 3.8) is 0 Å². The zero-order chi connectivity index (χ0) is 30.4. The van der Waals surface area contributed by atoms with Gasteiger partial charge < -0.3 is 29.7 Å². The number of nitrogens with one attached hydrogen (secondary N) is 1. The van der Waals surface area contributed by atoms with Crippen molar-refractivity contribution in [3.05, 3.63) is 25.3 Å². The van der Waals surface area contributed by atoms with Gasteiger partial charge in [0.15, 0.2) is 0 Å². The molecule has 2 N–H and O–H groups in total. The minimum atomic E-state index is -1.16. The minimum absolute atomic E-state index is 0.0150. The van der Waals surface area contributed by atoms with Crippen LogP contribution in [0.25, 0.3) is 0 Å². The molecule has 3 heterocycles. The van der Waals surface area contributed by atoms with E-state index in [9.17, 15) is 24.3 Å². The van der Waals surface area contributed by atoms with Gasteiger partial charge in [-0.25, -0.2) is 0 Å². The quantitative estimate of drug-likeness (QED) is 0.121. The molecule has 4 aliphatic rings. The van der Waals surface area contributed by atoms with Gasteiger partial charge in [0, 0.05) is 37.0 Å². The van der Waals surface area contributed by atoms with Crippen molar-refractivity contribution in [2.45, 2.75) is 106 Å². The summed E-state index contributed by atoms with van der Waals surface area (Å²) in [6.45, 7) is 10.0. The zero-order valence-electron chi connectivity index (χ0n) is 24.7. The SMILES string of the molecule is C=CCCC(=O)NC[C@@H](C)OC(=O)[C@@H]1[C@H]2O[C@@]3(CC2Br)[C@H](C(=O)N(CC=C)C2CCCCC2)N(CCCCO)C(=O)[C@@H]13. The van der Waals surface area contributed by atoms with E-state index in [1.165, 1.54) is 0 Å². The number of halogens is 1. The maximum atomic E-state index is 14.5. The predicted octanol–water partition coefficient (Wildman–Crippen LogP) is 2.87. The average molecular weight is 653 g/mol. The normalized spacial score (nSPS) is 31.0. The van der Waals surface area contributed by atoms with Crippen molar-refractivity contribution < 1.29 is 33.8 Å². The van der Waals surface area contributed by atoms with Crippen molar-refractivity contribution in [2.75, 3.05) is 26.2 Å². The van der Waals surface area contributed by atoms with E-state index in [-0.39, 0.29) is 48.3 Å². The van der Waals surface area contributed by atoms with Gasteiger partial charge in [-0.05, 0) is 45.4 Å². The topological polar surface area (TPSA) is 125 Å². The molecule has 0 aromatic rings. The Kier molecular flexibility index (Phi) is 11.3. The Bertz CT molecular complexity index is 1030. The Morgan fingerprint density at radius 2 is 1.98 bits per heavy atom. The van der Waals surface area contributed by atoms with Crippen molar-refractivity contribution >= 4 is 39.6 Å². The Labute approximate surface area is 257 Å². The molecule has 1 aliphatic carbocycles. The number of carbonyl (C=O) groups is 4. The van der Waals surface area contributed by atoms with Crippen molar-refractivity contribution in [2.24, 2.45) is 11.8 Å². The van der Waals surface area contributed by atoms with Gasteiger partial charge in [-0.2, -0.15) is 0 Å².